The summed E-state index contributed by atoms with van der Waals surface area (Å²) in [7, 11) is -3.26. The van der Waals surface area contributed by atoms with Crippen molar-refractivity contribution in [2.75, 3.05) is 17.2 Å². The second-order valence-electron chi connectivity index (χ2n) is 6.70. The molecule has 0 aliphatic heterocycles. The van der Waals surface area contributed by atoms with Crippen molar-refractivity contribution in [2.45, 2.75) is 38.6 Å². The summed E-state index contributed by atoms with van der Waals surface area (Å²) in [6.07, 6.45) is 0. The third kappa shape index (κ3) is 3.38. The van der Waals surface area contributed by atoms with Crippen LogP contribution in [0.2, 0.25) is 0 Å². The fourth-order valence-electron chi connectivity index (χ4n) is 2.60. The lowest BCUT2D eigenvalue weighted by Crippen LogP contribution is -2.32. The van der Waals surface area contributed by atoms with E-state index in [1.165, 1.54) is 11.8 Å². The van der Waals surface area contributed by atoms with Crippen molar-refractivity contribution in [2.24, 2.45) is 10.8 Å². The zero-order valence-electron chi connectivity index (χ0n) is 13.0. The van der Waals surface area contributed by atoms with Crippen molar-refractivity contribution >= 4 is 27.5 Å². The molecule has 0 amide bonds. The predicted molar refractivity (Wildman–Crippen MR) is 89.9 cm³/mol. The number of nitrogen functional groups attached to an aromatic ring is 1. The molecule has 3 N–H and O–H groups in total. The summed E-state index contributed by atoms with van der Waals surface area (Å²) in [6, 6.07) is 7.52. The molecule has 1 saturated carbocycles. The van der Waals surface area contributed by atoms with Crippen LogP contribution in [0.3, 0.4) is 0 Å². The zero-order chi connectivity index (χ0) is 15.9. The molecule has 118 valence electrons. The smallest absolute Gasteiger partial charge is 0.212 e. The van der Waals surface area contributed by atoms with Gasteiger partial charge in [0.1, 0.15) is 0 Å². The SMILES string of the molecule is CC1(C)C(NS(=O)(=O)CCSc2ccccc2N)C1(C)C. The maximum Gasteiger partial charge on any atom is 0.212 e. The molecule has 0 heterocycles. The number of anilines is 1. The quantitative estimate of drug-likeness (QED) is 0.622. The van der Waals surface area contributed by atoms with Crippen LogP contribution in [0, 0.1) is 10.8 Å². The van der Waals surface area contributed by atoms with Crippen LogP contribution >= 0.6 is 11.8 Å². The summed E-state index contributed by atoms with van der Waals surface area (Å²) in [4.78, 5) is 0.930. The first-order valence-corrected chi connectivity index (χ1v) is 9.69. The van der Waals surface area contributed by atoms with Crippen LogP contribution in [-0.4, -0.2) is 26.0 Å². The van der Waals surface area contributed by atoms with Gasteiger partial charge in [-0.3, -0.25) is 0 Å². The molecule has 0 unspecified atom stereocenters. The van der Waals surface area contributed by atoms with E-state index in [9.17, 15) is 8.42 Å². The van der Waals surface area contributed by atoms with Gasteiger partial charge in [-0.05, 0) is 23.0 Å². The molecule has 0 spiro atoms. The van der Waals surface area contributed by atoms with Crippen LogP contribution < -0.4 is 10.5 Å². The first-order valence-electron chi connectivity index (χ1n) is 7.05. The average molecular weight is 329 g/mol. The molecule has 0 bridgehead atoms. The van der Waals surface area contributed by atoms with Gasteiger partial charge in [0.2, 0.25) is 10.0 Å². The minimum atomic E-state index is -3.26. The summed E-state index contributed by atoms with van der Waals surface area (Å²) in [5.41, 5.74) is 6.56. The maximum absolute atomic E-state index is 12.2. The number of nitrogens with one attached hydrogen (secondary N) is 1. The Kier molecular flexibility index (Phi) is 4.35. The lowest BCUT2D eigenvalue weighted by Gasteiger charge is -2.09. The molecule has 2 rings (SSSR count). The molecule has 0 aromatic heterocycles. The van der Waals surface area contributed by atoms with E-state index in [2.05, 4.69) is 32.4 Å². The van der Waals surface area contributed by atoms with Gasteiger partial charge < -0.3 is 5.73 Å². The highest BCUT2D eigenvalue weighted by Crippen LogP contribution is 2.62. The Balaban J connectivity index is 1.87. The van der Waals surface area contributed by atoms with Gasteiger partial charge in [0, 0.05) is 22.4 Å². The highest BCUT2D eigenvalue weighted by molar-refractivity contribution is 8.00. The topological polar surface area (TPSA) is 72.2 Å². The number of sulfonamides is 1. The molecule has 1 aliphatic carbocycles. The van der Waals surface area contributed by atoms with Crippen LogP contribution in [0.1, 0.15) is 27.7 Å². The Hall–Kier alpha value is -0.720. The van der Waals surface area contributed by atoms with Gasteiger partial charge in [0.25, 0.3) is 0 Å². The highest BCUT2D eigenvalue weighted by Gasteiger charge is 2.65. The van der Waals surface area contributed by atoms with Crippen LogP contribution in [0.4, 0.5) is 5.69 Å². The van der Waals surface area contributed by atoms with E-state index in [1.807, 2.05) is 24.3 Å². The van der Waals surface area contributed by atoms with Gasteiger partial charge >= 0.3 is 0 Å². The van der Waals surface area contributed by atoms with Gasteiger partial charge in [-0.1, -0.05) is 39.8 Å². The van der Waals surface area contributed by atoms with Crippen molar-refractivity contribution in [1.82, 2.24) is 4.72 Å². The maximum atomic E-state index is 12.2. The van der Waals surface area contributed by atoms with Crippen LogP contribution in [0.25, 0.3) is 0 Å². The second-order valence-corrected chi connectivity index (χ2v) is 9.71. The predicted octanol–water partition coefficient (Wildman–Crippen LogP) is 2.71. The molecule has 21 heavy (non-hydrogen) atoms. The van der Waals surface area contributed by atoms with E-state index in [-0.39, 0.29) is 22.6 Å². The second kappa shape index (κ2) is 5.48. The Morgan fingerprint density at radius 2 is 1.76 bits per heavy atom. The first-order chi connectivity index (χ1) is 9.58. The number of nitrogens with two attached hydrogens (primary N) is 1. The fourth-order valence-corrected chi connectivity index (χ4v) is 5.51. The molecule has 1 aromatic carbocycles. The van der Waals surface area contributed by atoms with Crippen molar-refractivity contribution in [3.63, 3.8) is 0 Å². The van der Waals surface area contributed by atoms with Gasteiger partial charge in [-0.2, -0.15) is 0 Å². The summed E-state index contributed by atoms with van der Waals surface area (Å²) in [5.74, 6) is 0.603. The number of hydrogen-bond donors (Lipinski definition) is 2. The fraction of sp³-hybridized carbons (Fsp3) is 0.600. The van der Waals surface area contributed by atoms with E-state index < -0.39 is 10.0 Å². The molecular formula is C15H24N2O2S2. The Labute approximate surface area is 131 Å². The number of hydrogen-bond acceptors (Lipinski definition) is 4. The summed E-state index contributed by atoms with van der Waals surface area (Å²) in [6.45, 7) is 8.39. The largest absolute Gasteiger partial charge is 0.398 e. The zero-order valence-corrected chi connectivity index (χ0v) is 14.6. The summed E-state index contributed by atoms with van der Waals surface area (Å²) >= 11 is 1.48. The van der Waals surface area contributed by atoms with Crippen molar-refractivity contribution in [3.8, 4) is 0 Å². The van der Waals surface area contributed by atoms with E-state index >= 15 is 0 Å². The number of para-hydroxylation sites is 1. The Bertz CT molecular complexity index is 610. The van der Waals surface area contributed by atoms with Crippen molar-refractivity contribution < 1.29 is 8.42 Å². The van der Waals surface area contributed by atoms with E-state index in [0.717, 1.165) is 4.90 Å². The van der Waals surface area contributed by atoms with Gasteiger partial charge in [-0.15, -0.1) is 11.8 Å². The minimum Gasteiger partial charge on any atom is -0.398 e. The number of thioether (sulfide) groups is 1. The van der Waals surface area contributed by atoms with Gasteiger partial charge in [0.15, 0.2) is 0 Å². The Morgan fingerprint density at radius 3 is 2.29 bits per heavy atom. The number of benzene rings is 1. The van der Waals surface area contributed by atoms with E-state index in [4.69, 9.17) is 5.73 Å². The molecular weight excluding hydrogens is 304 g/mol. The summed E-state index contributed by atoms with van der Waals surface area (Å²) < 4.78 is 27.2. The van der Waals surface area contributed by atoms with Crippen LogP contribution in [-0.2, 0) is 10.0 Å². The molecule has 0 atom stereocenters. The molecule has 4 nitrogen and oxygen atoms in total. The van der Waals surface area contributed by atoms with Crippen molar-refractivity contribution in [1.29, 1.82) is 0 Å². The molecule has 0 radical (unpaired) electrons. The molecule has 0 saturated heterocycles. The first kappa shape index (κ1) is 16.6. The molecule has 1 aliphatic rings. The Morgan fingerprint density at radius 1 is 1.19 bits per heavy atom. The van der Waals surface area contributed by atoms with Crippen LogP contribution in [0.15, 0.2) is 29.2 Å². The van der Waals surface area contributed by atoms with Gasteiger partial charge in [0.05, 0.1) is 5.75 Å². The summed E-state index contributed by atoms with van der Waals surface area (Å²) in [5, 5.41) is 0. The third-order valence-electron chi connectivity index (χ3n) is 4.85. The van der Waals surface area contributed by atoms with E-state index in [1.54, 1.807) is 0 Å². The molecule has 1 fully saturated rings. The highest BCUT2D eigenvalue weighted by atomic mass is 32.2. The standard InChI is InChI=1S/C15H24N2O2S2/c1-14(2)13(15(14,3)4)17-21(18,19)10-9-20-12-8-6-5-7-11(12)16/h5-8,13,17H,9-10,16H2,1-4H3. The minimum absolute atomic E-state index is 0.0110. The normalized spacial score (nSPS) is 20.4. The molecule has 1 aromatic rings. The lowest BCUT2D eigenvalue weighted by atomic mass is 10.0. The van der Waals surface area contributed by atoms with Gasteiger partial charge in [-0.25, -0.2) is 13.1 Å². The van der Waals surface area contributed by atoms with E-state index in [0.29, 0.717) is 11.4 Å². The average Bonchev–Trinajstić information content (AvgIpc) is 2.74. The van der Waals surface area contributed by atoms with Crippen LogP contribution in [0.5, 0.6) is 0 Å². The molecule has 6 heteroatoms. The lowest BCUT2D eigenvalue weighted by molar-refractivity contribution is 0.457. The monoisotopic (exact) mass is 328 g/mol. The number of rotatable bonds is 6. The van der Waals surface area contributed by atoms with Crippen molar-refractivity contribution in [3.05, 3.63) is 24.3 Å². The third-order valence-corrected chi connectivity index (χ3v) is 7.53.